The van der Waals surface area contributed by atoms with Gasteiger partial charge in [-0.3, -0.25) is 9.48 Å². The van der Waals surface area contributed by atoms with Crippen molar-refractivity contribution in [1.29, 1.82) is 0 Å². The largest absolute Gasteiger partial charge is 0.466 e. The van der Waals surface area contributed by atoms with Crippen LogP contribution in [0.25, 0.3) is 0 Å². The quantitative estimate of drug-likeness (QED) is 0.694. The number of hydrogen-bond acceptors (Lipinski definition) is 5. The first kappa shape index (κ1) is 13.6. The van der Waals surface area contributed by atoms with Gasteiger partial charge in [-0.15, -0.1) is 0 Å². The normalized spacial score (nSPS) is 12.4. The number of rotatable bonds is 7. The molecule has 0 aliphatic rings. The van der Waals surface area contributed by atoms with Gasteiger partial charge in [0, 0.05) is 26.1 Å². The van der Waals surface area contributed by atoms with Crippen LogP contribution in [-0.2, 0) is 23.0 Å². The van der Waals surface area contributed by atoms with E-state index in [2.05, 4.69) is 15.4 Å². The molecule has 1 aromatic rings. The predicted octanol–water partition coefficient (Wildman–Crippen LogP) is 0.289. The summed E-state index contributed by atoms with van der Waals surface area (Å²) in [6.45, 7) is 4.96. The highest BCUT2D eigenvalue weighted by Crippen LogP contribution is 1.95. The van der Waals surface area contributed by atoms with Gasteiger partial charge in [0.15, 0.2) is 5.82 Å². The molecule has 1 N–H and O–H groups in total. The maximum absolute atomic E-state index is 11.2. The molecule has 0 spiro atoms. The molecule has 0 aliphatic carbocycles. The van der Waals surface area contributed by atoms with Crippen molar-refractivity contribution in [2.24, 2.45) is 7.05 Å². The van der Waals surface area contributed by atoms with E-state index in [4.69, 9.17) is 4.74 Å². The summed E-state index contributed by atoms with van der Waals surface area (Å²) < 4.78 is 6.55. The van der Waals surface area contributed by atoms with E-state index >= 15 is 0 Å². The maximum atomic E-state index is 11.2. The van der Waals surface area contributed by atoms with Crippen LogP contribution >= 0.6 is 0 Å². The van der Waals surface area contributed by atoms with Crippen molar-refractivity contribution in [2.45, 2.75) is 32.7 Å². The van der Waals surface area contributed by atoms with Crippen molar-refractivity contribution in [3.63, 3.8) is 0 Å². The average molecular weight is 240 g/mol. The van der Waals surface area contributed by atoms with Crippen LogP contribution in [0.4, 0.5) is 0 Å². The molecule has 1 heterocycles. The van der Waals surface area contributed by atoms with Crippen LogP contribution in [0.3, 0.4) is 0 Å². The minimum atomic E-state index is -0.163. The lowest BCUT2D eigenvalue weighted by Gasteiger charge is -2.11. The fourth-order valence-corrected chi connectivity index (χ4v) is 1.47. The Hall–Kier alpha value is -1.43. The minimum Gasteiger partial charge on any atom is -0.466 e. The Morgan fingerprint density at radius 2 is 2.41 bits per heavy atom. The third-order valence-electron chi connectivity index (χ3n) is 2.27. The smallest absolute Gasteiger partial charge is 0.307 e. The summed E-state index contributed by atoms with van der Waals surface area (Å²) in [5.41, 5.74) is 0. The second kappa shape index (κ2) is 7.01. The highest BCUT2D eigenvalue weighted by Gasteiger charge is 2.09. The number of carbonyl (C=O) groups excluding carboxylic acids is 1. The Balaban J connectivity index is 2.15. The molecule has 0 saturated carbocycles. The number of ether oxygens (including phenoxy) is 1. The van der Waals surface area contributed by atoms with Gasteiger partial charge >= 0.3 is 5.97 Å². The average Bonchev–Trinajstić information content (AvgIpc) is 2.64. The summed E-state index contributed by atoms with van der Waals surface area (Å²) in [6, 6.07) is 0.109. The van der Waals surface area contributed by atoms with Crippen molar-refractivity contribution < 1.29 is 9.53 Å². The Morgan fingerprint density at radius 3 is 3.00 bits per heavy atom. The monoisotopic (exact) mass is 240 g/mol. The predicted molar refractivity (Wildman–Crippen MR) is 63.4 cm³/mol. The number of nitrogens with one attached hydrogen (secondary N) is 1. The van der Waals surface area contributed by atoms with Crippen LogP contribution in [-0.4, -0.2) is 39.9 Å². The molecule has 6 nitrogen and oxygen atoms in total. The topological polar surface area (TPSA) is 69.0 Å². The summed E-state index contributed by atoms with van der Waals surface area (Å²) in [6.07, 6.45) is 2.83. The van der Waals surface area contributed by atoms with Gasteiger partial charge in [-0.25, -0.2) is 4.98 Å². The molecule has 1 rings (SSSR count). The molecule has 0 amide bonds. The highest BCUT2D eigenvalue weighted by atomic mass is 16.5. The molecular formula is C11H20N4O2. The van der Waals surface area contributed by atoms with E-state index in [1.165, 1.54) is 0 Å². The zero-order chi connectivity index (χ0) is 12.7. The van der Waals surface area contributed by atoms with E-state index in [9.17, 15) is 4.79 Å². The summed E-state index contributed by atoms with van der Waals surface area (Å²) in [4.78, 5) is 15.3. The van der Waals surface area contributed by atoms with Gasteiger partial charge in [0.2, 0.25) is 0 Å². The molecule has 0 fully saturated rings. The molecule has 17 heavy (non-hydrogen) atoms. The number of nitrogens with zero attached hydrogens (tertiary/aromatic N) is 3. The standard InChI is InChI=1S/C11H20N4O2/c1-4-17-11(16)7-9(2)12-6-5-10-13-8-15(3)14-10/h8-9,12H,4-7H2,1-3H3. The first-order valence-electron chi connectivity index (χ1n) is 5.85. The van der Waals surface area contributed by atoms with Crippen LogP contribution in [0.15, 0.2) is 6.33 Å². The van der Waals surface area contributed by atoms with Crippen molar-refractivity contribution >= 4 is 5.97 Å². The summed E-state index contributed by atoms with van der Waals surface area (Å²) in [5.74, 6) is 0.645. The molecule has 0 saturated heterocycles. The molecule has 0 bridgehead atoms. The second-order valence-corrected chi connectivity index (χ2v) is 3.95. The zero-order valence-corrected chi connectivity index (χ0v) is 10.6. The van der Waals surface area contributed by atoms with Gasteiger partial charge in [-0.1, -0.05) is 0 Å². The van der Waals surface area contributed by atoms with Crippen LogP contribution in [0.1, 0.15) is 26.1 Å². The van der Waals surface area contributed by atoms with E-state index in [-0.39, 0.29) is 12.0 Å². The van der Waals surface area contributed by atoms with Crippen molar-refractivity contribution in [3.05, 3.63) is 12.2 Å². The number of esters is 1. The fourth-order valence-electron chi connectivity index (χ4n) is 1.47. The van der Waals surface area contributed by atoms with Crippen molar-refractivity contribution in [3.8, 4) is 0 Å². The number of aryl methyl sites for hydroxylation is 1. The minimum absolute atomic E-state index is 0.109. The number of aromatic nitrogens is 3. The zero-order valence-electron chi connectivity index (χ0n) is 10.6. The Morgan fingerprint density at radius 1 is 1.65 bits per heavy atom. The summed E-state index contributed by atoms with van der Waals surface area (Å²) in [7, 11) is 1.84. The molecule has 6 heteroatoms. The van der Waals surface area contributed by atoms with Gasteiger partial charge in [0.05, 0.1) is 13.0 Å². The summed E-state index contributed by atoms with van der Waals surface area (Å²) >= 11 is 0. The van der Waals surface area contributed by atoms with Crippen LogP contribution < -0.4 is 5.32 Å². The summed E-state index contributed by atoms with van der Waals surface area (Å²) in [5, 5.41) is 7.41. The lowest BCUT2D eigenvalue weighted by molar-refractivity contribution is -0.143. The van der Waals surface area contributed by atoms with E-state index in [1.807, 2.05) is 20.9 Å². The van der Waals surface area contributed by atoms with E-state index in [0.29, 0.717) is 13.0 Å². The highest BCUT2D eigenvalue weighted by molar-refractivity contribution is 5.69. The molecule has 0 radical (unpaired) electrons. The Kier molecular flexibility index (Phi) is 5.62. The lowest BCUT2D eigenvalue weighted by Crippen LogP contribution is -2.31. The van der Waals surface area contributed by atoms with E-state index in [1.54, 1.807) is 11.0 Å². The molecule has 96 valence electrons. The molecule has 1 unspecified atom stereocenters. The van der Waals surface area contributed by atoms with Gasteiger partial charge < -0.3 is 10.1 Å². The number of hydrogen-bond donors (Lipinski definition) is 1. The van der Waals surface area contributed by atoms with Crippen LogP contribution in [0.5, 0.6) is 0 Å². The Bertz CT molecular complexity index is 351. The number of carbonyl (C=O) groups is 1. The Labute approximate surface area is 101 Å². The lowest BCUT2D eigenvalue weighted by atomic mass is 10.2. The van der Waals surface area contributed by atoms with E-state index < -0.39 is 0 Å². The molecule has 0 aromatic carbocycles. The second-order valence-electron chi connectivity index (χ2n) is 3.95. The first-order chi connectivity index (χ1) is 8.11. The third kappa shape index (κ3) is 5.44. The van der Waals surface area contributed by atoms with Gasteiger partial charge in [-0.2, -0.15) is 5.10 Å². The fraction of sp³-hybridized carbons (Fsp3) is 0.727. The van der Waals surface area contributed by atoms with Gasteiger partial charge in [0.25, 0.3) is 0 Å². The molecule has 0 aliphatic heterocycles. The van der Waals surface area contributed by atoms with E-state index in [0.717, 1.165) is 18.8 Å². The van der Waals surface area contributed by atoms with Crippen molar-refractivity contribution in [1.82, 2.24) is 20.1 Å². The van der Waals surface area contributed by atoms with Gasteiger partial charge in [-0.05, 0) is 13.8 Å². The first-order valence-corrected chi connectivity index (χ1v) is 5.85. The van der Waals surface area contributed by atoms with Gasteiger partial charge in [0.1, 0.15) is 6.33 Å². The van der Waals surface area contributed by atoms with Crippen molar-refractivity contribution in [2.75, 3.05) is 13.2 Å². The SMILES string of the molecule is CCOC(=O)CC(C)NCCc1ncn(C)n1. The third-order valence-corrected chi connectivity index (χ3v) is 2.27. The molecule has 1 aromatic heterocycles. The molecule has 1 atom stereocenters. The maximum Gasteiger partial charge on any atom is 0.307 e. The van der Waals surface area contributed by atoms with Crippen LogP contribution in [0.2, 0.25) is 0 Å². The van der Waals surface area contributed by atoms with Crippen LogP contribution in [0, 0.1) is 0 Å². The molecular weight excluding hydrogens is 220 g/mol.